The number of likely N-dealkylation sites (N-methyl/N-ethyl adjacent to an activating group) is 1. The Morgan fingerprint density at radius 3 is 2.38 bits per heavy atom. The van der Waals surface area contributed by atoms with E-state index in [9.17, 15) is 14.7 Å². The van der Waals surface area contributed by atoms with Gasteiger partial charge in [-0.1, -0.05) is 12.1 Å². The average Bonchev–Trinajstić information content (AvgIpc) is 3.17. The summed E-state index contributed by atoms with van der Waals surface area (Å²) < 4.78 is 39.7. The highest BCUT2D eigenvalue weighted by atomic mass is 32.2. The molecule has 1 unspecified atom stereocenters. The van der Waals surface area contributed by atoms with Crippen LogP contribution in [0.25, 0.3) is 6.08 Å². The molecular formula is C28H35N2O8S2-. The number of hydrogen-bond acceptors (Lipinski definition) is 10. The quantitative estimate of drug-likeness (QED) is 0.359. The zero-order valence-electron chi connectivity index (χ0n) is 23.5. The molecule has 218 valence electrons. The van der Waals surface area contributed by atoms with E-state index in [1.807, 2.05) is 45.0 Å². The SMILES string of the molecule is CS(=O)(=O)[O-].Cc1c(C)c2c(c(C)c1O)CCC(C)(CN(C)CCOc1ccc(/C=C3\SC(=O)NC3=O)cc1)O2. The number of carbonyl (C=O) groups excluding carboxylic acids is 2. The van der Waals surface area contributed by atoms with Gasteiger partial charge < -0.3 is 19.1 Å². The molecular weight excluding hydrogens is 556 g/mol. The molecule has 1 atom stereocenters. The van der Waals surface area contributed by atoms with Crippen molar-refractivity contribution in [3.8, 4) is 17.2 Å². The Bertz CT molecular complexity index is 1410. The molecule has 0 bridgehead atoms. The highest BCUT2D eigenvalue weighted by molar-refractivity contribution is 8.18. The number of imide groups is 1. The Labute approximate surface area is 239 Å². The van der Waals surface area contributed by atoms with E-state index >= 15 is 0 Å². The Hall–Kier alpha value is -3.06. The number of benzene rings is 2. The molecule has 0 radical (unpaired) electrons. The molecule has 12 heteroatoms. The first-order valence-corrected chi connectivity index (χ1v) is 15.3. The van der Waals surface area contributed by atoms with Gasteiger partial charge in [0.15, 0.2) is 0 Å². The van der Waals surface area contributed by atoms with Crippen LogP contribution in [0.5, 0.6) is 17.2 Å². The number of ether oxygens (including phenoxy) is 2. The molecule has 2 aromatic rings. The van der Waals surface area contributed by atoms with Gasteiger partial charge in [0.25, 0.3) is 11.1 Å². The number of hydrogen-bond donors (Lipinski definition) is 2. The van der Waals surface area contributed by atoms with E-state index in [-0.39, 0.29) is 16.7 Å². The third kappa shape index (κ3) is 8.47. The van der Waals surface area contributed by atoms with Gasteiger partial charge in [0, 0.05) is 24.9 Å². The van der Waals surface area contributed by atoms with Crippen LogP contribution in [0.4, 0.5) is 4.79 Å². The number of rotatable bonds is 7. The molecule has 2 aliphatic rings. The molecule has 1 saturated heterocycles. The predicted octanol–water partition coefficient (Wildman–Crippen LogP) is 3.90. The second-order valence-electron chi connectivity index (χ2n) is 10.3. The number of aromatic hydroxyl groups is 1. The summed E-state index contributed by atoms with van der Waals surface area (Å²) in [4.78, 5) is 25.6. The molecule has 4 rings (SSSR count). The Balaban J connectivity index is 0.000000810. The van der Waals surface area contributed by atoms with Crippen molar-refractivity contribution in [1.29, 1.82) is 0 Å². The molecule has 0 aromatic heterocycles. The molecule has 1 fully saturated rings. The van der Waals surface area contributed by atoms with Gasteiger partial charge in [-0.05, 0) is 99.8 Å². The van der Waals surface area contributed by atoms with Crippen molar-refractivity contribution < 1.29 is 37.1 Å². The van der Waals surface area contributed by atoms with E-state index in [0.717, 1.165) is 77.0 Å². The van der Waals surface area contributed by atoms with Crippen LogP contribution in [0, 0.1) is 20.8 Å². The van der Waals surface area contributed by atoms with Gasteiger partial charge in [0.2, 0.25) is 0 Å². The maximum absolute atomic E-state index is 11.7. The molecule has 0 aliphatic carbocycles. The average molecular weight is 592 g/mol. The first-order valence-electron chi connectivity index (χ1n) is 12.6. The van der Waals surface area contributed by atoms with Crippen molar-refractivity contribution in [2.45, 2.75) is 46.1 Å². The largest absolute Gasteiger partial charge is 0.748 e. The number of nitrogens with one attached hydrogen (secondary N) is 1. The fraction of sp³-hybridized carbons (Fsp3) is 0.429. The molecule has 2 N–H and O–H groups in total. The van der Waals surface area contributed by atoms with Crippen LogP contribution in [-0.2, 0) is 21.3 Å². The van der Waals surface area contributed by atoms with Crippen LogP contribution >= 0.6 is 11.8 Å². The molecule has 0 saturated carbocycles. The number of fused-ring (bicyclic) bond motifs is 1. The zero-order chi connectivity index (χ0) is 29.8. The van der Waals surface area contributed by atoms with E-state index < -0.39 is 10.1 Å². The van der Waals surface area contributed by atoms with Crippen molar-refractivity contribution in [1.82, 2.24) is 10.2 Å². The fourth-order valence-corrected chi connectivity index (χ4v) is 5.29. The summed E-state index contributed by atoms with van der Waals surface area (Å²) >= 11 is 0.906. The minimum atomic E-state index is -3.92. The van der Waals surface area contributed by atoms with Crippen LogP contribution in [-0.4, -0.2) is 72.7 Å². The Kier molecular flexibility index (Phi) is 9.94. The number of thioether (sulfide) groups is 1. The van der Waals surface area contributed by atoms with E-state index in [4.69, 9.17) is 22.4 Å². The molecule has 10 nitrogen and oxygen atoms in total. The predicted molar refractivity (Wildman–Crippen MR) is 154 cm³/mol. The summed E-state index contributed by atoms with van der Waals surface area (Å²) in [5.41, 5.74) is 4.45. The molecule has 2 aliphatic heterocycles. The summed E-state index contributed by atoms with van der Waals surface area (Å²) in [5.74, 6) is 1.69. The number of nitrogens with zero attached hydrogens (tertiary/aromatic N) is 1. The van der Waals surface area contributed by atoms with Gasteiger partial charge in [-0.25, -0.2) is 8.42 Å². The van der Waals surface area contributed by atoms with Crippen molar-refractivity contribution >= 4 is 39.1 Å². The lowest BCUT2D eigenvalue weighted by molar-refractivity contribution is -0.115. The van der Waals surface area contributed by atoms with Gasteiger partial charge in [-0.2, -0.15) is 0 Å². The smallest absolute Gasteiger partial charge is 0.290 e. The summed E-state index contributed by atoms with van der Waals surface area (Å²) in [6.45, 7) is 10.1. The molecule has 2 aromatic carbocycles. The van der Waals surface area contributed by atoms with E-state index in [1.54, 1.807) is 6.08 Å². The third-order valence-electron chi connectivity index (χ3n) is 6.76. The number of amides is 2. The van der Waals surface area contributed by atoms with Crippen LogP contribution in [0.1, 0.15) is 41.2 Å². The summed E-state index contributed by atoms with van der Waals surface area (Å²) in [6, 6.07) is 7.44. The first kappa shape index (κ1) is 31.5. The minimum absolute atomic E-state index is 0.316. The highest BCUT2D eigenvalue weighted by Crippen LogP contribution is 2.43. The van der Waals surface area contributed by atoms with Gasteiger partial charge in [0.05, 0.1) is 15.0 Å². The highest BCUT2D eigenvalue weighted by Gasteiger charge is 2.35. The topological polar surface area (TPSA) is 145 Å². The fourth-order valence-electron chi connectivity index (χ4n) is 4.61. The van der Waals surface area contributed by atoms with Gasteiger partial charge >= 0.3 is 0 Å². The Morgan fingerprint density at radius 1 is 1.18 bits per heavy atom. The van der Waals surface area contributed by atoms with Crippen molar-refractivity contribution in [2.24, 2.45) is 0 Å². The second-order valence-corrected chi connectivity index (χ2v) is 12.7. The summed E-state index contributed by atoms with van der Waals surface area (Å²) in [6.07, 6.45) is 4.06. The van der Waals surface area contributed by atoms with Crippen LogP contribution in [0.2, 0.25) is 0 Å². The number of phenols is 1. The summed E-state index contributed by atoms with van der Waals surface area (Å²) in [5, 5.41) is 12.3. The Morgan fingerprint density at radius 2 is 1.80 bits per heavy atom. The van der Waals surface area contributed by atoms with Gasteiger partial charge in [-0.15, -0.1) is 0 Å². The molecule has 2 amide bonds. The van der Waals surface area contributed by atoms with Crippen molar-refractivity contribution in [3.05, 3.63) is 57.0 Å². The number of phenolic OH excluding ortho intramolecular Hbond substituents is 1. The molecule has 0 spiro atoms. The van der Waals surface area contributed by atoms with E-state index in [2.05, 4.69) is 24.2 Å². The maximum atomic E-state index is 11.7. The third-order valence-corrected chi connectivity index (χ3v) is 7.57. The van der Waals surface area contributed by atoms with Crippen LogP contribution in [0.3, 0.4) is 0 Å². The molecule has 2 heterocycles. The van der Waals surface area contributed by atoms with Crippen molar-refractivity contribution in [3.63, 3.8) is 0 Å². The lowest BCUT2D eigenvalue weighted by atomic mass is 9.87. The first-order chi connectivity index (χ1) is 18.6. The second kappa shape index (κ2) is 12.6. The summed E-state index contributed by atoms with van der Waals surface area (Å²) in [7, 11) is -1.85. The van der Waals surface area contributed by atoms with E-state index in [1.165, 1.54) is 0 Å². The molecule has 40 heavy (non-hydrogen) atoms. The lowest BCUT2D eigenvalue weighted by Crippen LogP contribution is -2.47. The normalized spacial score (nSPS) is 19.6. The van der Waals surface area contributed by atoms with Gasteiger partial charge in [-0.3, -0.25) is 19.8 Å². The van der Waals surface area contributed by atoms with Crippen molar-refractivity contribution in [2.75, 3.05) is 33.0 Å². The maximum Gasteiger partial charge on any atom is 0.290 e. The standard InChI is InChI=1S/C27H32N2O5S.CH4O3S/c1-16-17(2)24-21(18(3)23(16)30)10-11-27(4,34-24)15-29(5)12-13-33-20-8-6-19(7-9-20)14-22-25(31)28-26(32)35-22;1-5(2,3)4/h6-9,14,30H,10-13,15H2,1-5H3,(H,28,31,32);1H3,(H,2,3,4)/p-1/b22-14-;. The minimum Gasteiger partial charge on any atom is -0.748 e. The number of carbonyl (C=O) groups is 2. The van der Waals surface area contributed by atoms with Crippen LogP contribution < -0.4 is 14.8 Å². The van der Waals surface area contributed by atoms with Crippen LogP contribution in [0.15, 0.2) is 29.2 Å². The lowest BCUT2D eigenvalue weighted by Gasteiger charge is -2.40. The van der Waals surface area contributed by atoms with Gasteiger partial charge in [0.1, 0.15) is 29.5 Å². The monoisotopic (exact) mass is 591 g/mol. The zero-order valence-corrected chi connectivity index (χ0v) is 25.1. The van der Waals surface area contributed by atoms with E-state index in [0.29, 0.717) is 23.5 Å².